The molecule has 0 spiro atoms. The van der Waals surface area contributed by atoms with Crippen LogP contribution in [-0.2, 0) is 16.1 Å². The largest absolute Gasteiger partial charge is 0.494 e. The summed E-state index contributed by atoms with van der Waals surface area (Å²) in [6, 6.07) is 17.2. The third kappa shape index (κ3) is 7.26. The summed E-state index contributed by atoms with van der Waals surface area (Å²) >= 11 is 0. The van der Waals surface area contributed by atoms with Gasteiger partial charge in [0.25, 0.3) is 0 Å². The van der Waals surface area contributed by atoms with Crippen LogP contribution < -0.4 is 10.1 Å². The first-order chi connectivity index (χ1) is 14.0. The number of amides is 2. The molecule has 0 bridgehead atoms. The minimum atomic E-state index is -0.472. The van der Waals surface area contributed by atoms with E-state index in [-0.39, 0.29) is 11.8 Å². The summed E-state index contributed by atoms with van der Waals surface area (Å²) in [6.07, 6.45) is 1.52. The lowest BCUT2D eigenvalue weighted by atomic mass is 10.1. The van der Waals surface area contributed by atoms with Crippen LogP contribution in [-0.4, -0.2) is 35.9 Å². The smallest absolute Gasteiger partial charge is 0.242 e. The number of carbonyl (C=O) groups excluding carboxylic acids is 2. The summed E-state index contributed by atoms with van der Waals surface area (Å²) < 4.78 is 5.73. The highest BCUT2D eigenvalue weighted by Gasteiger charge is 2.27. The molecule has 0 unspecified atom stereocenters. The van der Waals surface area contributed by atoms with Gasteiger partial charge in [-0.15, -0.1) is 0 Å². The monoisotopic (exact) mass is 396 g/mol. The molecule has 2 aromatic carbocycles. The van der Waals surface area contributed by atoms with Crippen molar-refractivity contribution >= 4 is 11.8 Å². The normalized spacial score (nSPS) is 11.6. The maximum absolute atomic E-state index is 13.0. The van der Waals surface area contributed by atoms with Crippen molar-refractivity contribution in [3.8, 4) is 5.75 Å². The predicted octanol–water partition coefficient (Wildman–Crippen LogP) is 4.10. The minimum Gasteiger partial charge on any atom is -0.494 e. The molecular formula is C24H32N2O3. The average Bonchev–Trinajstić information content (AvgIpc) is 2.73. The van der Waals surface area contributed by atoms with Gasteiger partial charge in [-0.05, 0) is 44.4 Å². The molecule has 0 fully saturated rings. The van der Waals surface area contributed by atoms with E-state index in [1.807, 2.05) is 75.4 Å². The molecular weight excluding hydrogens is 364 g/mol. The molecule has 5 nitrogen and oxygen atoms in total. The van der Waals surface area contributed by atoms with E-state index in [1.54, 1.807) is 4.90 Å². The molecule has 1 atom stereocenters. The first-order valence-electron chi connectivity index (χ1n) is 10.4. The van der Waals surface area contributed by atoms with E-state index in [2.05, 4.69) is 5.32 Å². The second kappa shape index (κ2) is 11.9. The Labute approximate surface area is 174 Å². The van der Waals surface area contributed by atoms with Crippen LogP contribution in [0.4, 0.5) is 0 Å². The quantitative estimate of drug-likeness (QED) is 0.582. The summed E-state index contributed by atoms with van der Waals surface area (Å²) in [6.45, 7) is 7.29. The van der Waals surface area contributed by atoms with Crippen LogP contribution in [0.15, 0.2) is 54.6 Å². The van der Waals surface area contributed by atoms with Gasteiger partial charge in [0.15, 0.2) is 0 Å². The Morgan fingerprint density at radius 3 is 2.34 bits per heavy atom. The molecule has 0 saturated carbocycles. The van der Waals surface area contributed by atoms with Crippen LogP contribution in [0.2, 0.25) is 0 Å². The van der Waals surface area contributed by atoms with Crippen molar-refractivity contribution in [2.45, 2.75) is 52.6 Å². The Balaban J connectivity index is 1.98. The summed E-state index contributed by atoms with van der Waals surface area (Å²) in [5.74, 6) is 0.674. The molecule has 2 aromatic rings. The first-order valence-corrected chi connectivity index (χ1v) is 10.4. The Hall–Kier alpha value is -2.82. The van der Waals surface area contributed by atoms with Crippen LogP contribution in [0, 0.1) is 6.92 Å². The van der Waals surface area contributed by atoms with Crippen molar-refractivity contribution in [1.29, 1.82) is 0 Å². The van der Waals surface area contributed by atoms with E-state index < -0.39 is 6.04 Å². The van der Waals surface area contributed by atoms with Crippen LogP contribution in [0.5, 0.6) is 5.75 Å². The van der Waals surface area contributed by atoms with E-state index in [0.717, 1.165) is 11.3 Å². The maximum atomic E-state index is 13.0. The molecule has 29 heavy (non-hydrogen) atoms. The number of rotatable bonds is 11. The summed E-state index contributed by atoms with van der Waals surface area (Å²) in [5.41, 5.74) is 2.19. The molecule has 2 rings (SSSR count). The first kappa shape index (κ1) is 22.5. The molecule has 156 valence electrons. The molecule has 1 N–H and O–H groups in total. The van der Waals surface area contributed by atoms with Crippen LogP contribution in [0.25, 0.3) is 0 Å². The Morgan fingerprint density at radius 2 is 1.72 bits per heavy atom. The number of carbonyl (C=O) groups is 2. The van der Waals surface area contributed by atoms with Gasteiger partial charge in [-0.3, -0.25) is 9.59 Å². The molecule has 2 amide bonds. The lowest BCUT2D eigenvalue weighted by molar-refractivity contribution is -0.141. The summed E-state index contributed by atoms with van der Waals surface area (Å²) in [7, 11) is 0. The lowest BCUT2D eigenvalue weighted by Gasteiger charge is -2.30. The zero-order valence-corrected chi connectivity index (χ0v) is 17.7. The maximum Gasteiger partial charge on any atom is 0.242 e. The van der Waals surface area contributed by atoms with Crippen molar-refractivity contribution in [2.24, 2.45) is 0 Å². The fourth-order valence-corrected chi connectivity index (χ4v) is 3.18. The Bertz CT molecular complexity index is 759. The standard InChI is InChI=1S/C24H32N2O3/c1-4-22(24(28)25-5-2)26(18-20-10-7-6-8-11-20)23(27)12-9-17-29-21-15-13-19(3)14-16-21/h6-8,10-11,13-16,22H,4-5,9,12,17-18H2,1-3H3,(H,25,28)/t22-/m0/s1. The van der Waals surface area contributed by atoms with Crippen molar-refractivity contribution < 1.29 is 14.3 Å². The molecule has 5 heteroatoms. The zero-order valence-electron chi connectivity index (χ0n) is 17.7. The SMILES string of the molecule is CCNC(=O)[C@H](CC)N(Cc1ccccc1)C(=O)CCCOc1ccc(C)cc1. The fraction of sp³-hybridized carbons (Fsp3) is 0.417. The molecule has 0 aliphatic carbocycles. The Kier molecular flexibility index (Phi) is 9.22. The number of hydrogen-bond acceptors (Lipinski definition) is 3. The second-order valence-corrected chi connectivity index (χ2v) is 7.09. The molecule has 0 saturated heterocycles. The highest BCUT2D eigenvalue weighted by molar-refractivity contribution is 5.87. The van der Waals surface area contributed by atoms with Crippen LogP contribution in [0.1, 0.15) is 44.2 Å². The number of nitrogens with zero attached hydrogens (tertiary/aromatic N) is 1. The number of hydrogen-bond donors (Lipinski definition) is 1. The van der Waals surface area contributed by atoms with Gasteiger partial charge in [0, 0.05) is 19.5 Å². The number of likely N-dealkylation sites (N-methyl/N-ethyl adjacent to an activating group) is 1. The lowest BCUT2D eigenvalue weighted by Crippen LogP contribution is -2.49. The van der Waals surface area contributed by atoms with Crippen molar-refractivity contribution in [3.63, 3.8) is 0 Å². The summed E-state index contributed by atoms with van der Waals surface area (Å²) in [5, 5.41) is 2.85. The molecule has 0 radical (unpaired) electrons. The van der Waals surface area contributed by atoms with E-state index >= 15 is 0 Å². The highest BCUT2D eigenvalue weighted by Crippen LogP contribution is 2.15. The molecule has 0 aromatic heterocycles. The van der Waals surface area contributed by atoms with Gasteiger partial charge in [0.05, 0.1) is 6.61 Å². The van der Waals surface area contributed by atoms with Gasteiger partial charge in [-0.1, -0.05) is 55.0 Å². The number of ether oxygens (including phenoxy) is 1. The topological polar surface area (TPSA) is 58.6 Å². The van der Waals surface area contributed by atoms with Gasteiger partial charge in [-0.25, -0.2) is 0 Å². The molecule has 0 heterocycles. The molecule has 0 aliphatic heterocycles. The zero-order chi connectivity index (χ0) is 21.1. The van der Waals surface area contributed by atoms with Crippen LogP contribution >= 0.6 is 0 Å². The molecule has 0 aliphatic rings. The number of aryl methyl sites for hydroxylation is 1. The van der Waals surface area contributed by atoms with Crippen molar-refractivity contribution in [1.82, 2.24) is 10.2 Å². The average molecular weight is 397 g/mol. The summed E-state index contributed by atoms with van der Waals surface area (Å²) in [4.78, 5) is 27.2. The van der Waals surface area contributed by atoms with Gasteiger partial charge in [-0.2, -0.15) is 0 Å². The van der Waals surface area contributed by atoms with Gasteiger partial charge < -0.3 is 15.0 Å². The second-order valence-electron chi connectivity index (χ2n) is 7.09. The number of benzene rings is 2. The van der Waals surface area contributed by atoms with Crippen LogP contribution in [0.3, 0.4) is 0 Å². The minimum absolute atomic E-state index is 0.0283. The predicted molar refractivity (Wildman–Crippen MR) is 116 cm³/mol. The van der Waals surface area contributed by atoms with Gasteiger partial charge in [0.2, 0.25) is 11.8 Å². The number of nitrogens with one attached hydrogen (secondary N) is 1. The fourth-order valence-electron chi connectivity index (χ4n) is 3.18. The highest BCUT2D eigenvalue weighted by atomic mass is 16.5. The van der Waals surface area contributed by atoms with E-state index in [0.29, 0.717) is 39.0 Å². The third-order valence-corrected chi connectivity index (χ3v) is 4.76. The van der Waals surface area contributed by atoms with E-state index in [9.17, 15) is 9.59 Å². The van der Waals surface area contributed by atoms with Crippen molar-refractivity contribution in [3.05, 3.63) is 65.7 Å². The van der Waals surface area contributed by atoms with E-state index in [4.69, 9.17) is 4.74 Å². The van der Waals surface area contributed by atoms with Gasteiger partial charge >= 0.3 is 0 Å². The van der Waals surface area contributed by atoms with Gasteiger partial charge in [0.1, 0.15) is 11.8 Å². The third-order valence-electron chi connectivity index (χ3n) is 4.76. The Morgan fingerprint density at radius 1 is 1.03 bits per heavy atom. The van der Waals surface area contributed by atoms with Crippen molar-refractivity contribution in [2.75, 3.05) is 13.2 Å². The van der Waals surface area contributed by atoms with E-state index in [1.165, 1.54) is 5.56 Å².